The molecular weight excluding hydrogens is 1600 g/mol. The molecule has 0 aliphatic carbocycles. The first-order valence-corrected chi connectivity index (χ1v) is 39.9. The Morgan fingerprint density at radius 2 is 1.03 bits per heavy atom. The van der Waals surface area contributed by atoms with E-state index in [-0.39, 0.29) is 148 Å². The van der Waals surface area contributed by atoms with Crippen LogP contribution >= 0.6 is 0 Å². The third kappa shape index (κ3) is 35.2. The Kier molecular flexibility index (Phi) is 41.6. The van der Waals surface area contributed by atoms with Crippen LogP contribution in [-0.2, 0) is 91.2 Å². The Bertz CT molecular complexity index is 4000. The number of aliphatic carboxylic acids is 3. The van der Waals surface area contributed by atoms with Gasteiger partial charge in [0, 0.05) is 153 Å². The van der Waals surface area contributed by atoms with Gasteiger partial charge in [-0.15, -0.1) is 0 Å². The second kappa shape index (κ2) is 49.9. The van der Waals surface area contributed by atoms with Crippen molar-refractivity contribution >= 4 is 119 Å². The van der Waals surface area contributed by atoms with Gasteiger partial charge in [0.15, 0.2) is 0 Å². The zero-order chi connectivity index (χ0) is 86.9. The largest absolute Gasteiger partial charge is 3.00 e. The Morgan fingerprint density at radius 1 is 0.538 bits per heavy atom. The number of carboxylic acids is 3. The predicted molar refractivity (Wildman–Crippen MR) is 429 cm³/mol. The molecule has 2 aliphatic heterocycles. The summed E-state index contributed by atoms with van der Waals surface area (Å²) in [4.78, 5) is 221. The normalized spacial score (nSPS) is 16.7. The second-order valence-electron chi connectivity index (χ2n) is 31.5. The number of aromatic nitrogens is 3. The van der Waals surface area contributed by atoms with Crippen molar-refractivity contribution in [2.45, 2.75) is 173 Å². The van der Waals surface area contributed by atoms with Crippen LogP contribution < -0.4 is 74.6 Å². The second-order valence-corrected chi connectivity index (χ2v) is 31.5. The molecule has 16 N–H and O–H groups in total. The first-order chi connectivity index (χ1) is 55.9. The molecule has 2 aromatic heterocycles. The van der Waals surface area contributed by atoms with Crippen molar-refractivity contribution in [3.05, 3.63) is 90.1 Å². The topological polar surface area (TPSA) is 570 Å². The fraction of sp³-hybridized carbons (Fsp3) is 0.595. The molecule has 40 heteroatoms. The number of carbonyl (C=O) groups is 15. The van der Waals surface area contributed by atoms with E-state index in [0.717, 1.165) is 4.90 Å². The number of carbonyl (C=O) groups excluding carboxylic acids is 15. The van der Waals surface area contributed by atoms with Crippen LogP contribution in [0.1, 0.15) is 110 Å². The number of nitrogens with one attached hydrogen (secondary N) is 11. The average Bonchev–Trinajstić information content (AvgIpc) is 1.70. The Morgan fingerprint density at radius 3 is 1.56 bits per heavy atom. The van der Waals surface area contributed by atoms with Gasteiger partial charge in [0.25, 0.3) is 0 Å². The van der Waals surface area contributed by atoms with Crippen LogP contribution in [0.15, 0.2) is 73.3 Å². The molecule has 0 spiro atoms. The molecule has 9 atom stereocenters. The summed E-state index contributed by atoms with van der Waals surface area (Å²) in [5, 5.41) is 71.4. The minimum atomic E-state index is -1.57. The maximum atomic E-state index is 14.8. The van der Waals surface area contributed by atoms with Gasteiger partial charge in [0.1, 0.15) is 42.3 Å². The fourth-order valence-corrected chi connectivity index (χ4v) is 14.3. The number of benzene rings is 2. The number of hydrogen-bond acceptors (Lipinski definition) is 25. The molecule has 0 unspecified atom stereocenters. The van der Waals surface area contributed by atoms with Crippen molar-refractivity contribution < 1.29 is 92.3 Å². The first-order valence-electron chi connectivity index (χ1n) is 39.9. The van der Waals surface area contributed by atoms with Crippen LogP contribution in [0.25, 0.3) is 10.9 Å². The number of H-pyrrole nitrogens is 2. The summed E-state index contributed by atoms with van der Waals surface area (Å²) in [5.74, 6) is -13.8. The number of aromatic amines is 2. The monoisotopic (exact) mass is 1720 g/mol. The minimum Gasteiger partial charge on any atom is -0.549 e. The number of carboxylic acid groups (broad SMARTS) is 3. The van der Waals surface area contributed by atoms with Crippen molar-refractivity contribution in [2.75, 3.05) is 112 Å². The van der Waals surface area contributed by atoms with Gasteiger partial charge >= 0.3 is 19.8 Å². The van der Waals surface area contributed by atoms with Crippen molar-refractivity contribution in [1.29, 1.82) is 0 Å². The van der Waals surface area contributed by atoms with Crippen LogP contribution in [0.2, 0.25) is 0 Å². The summed E-state index contributed by atoms with van der Waals surface area (Å²) in [7, 11) is 1.32. The van der Waals surface area contributed by atoms with Gasteiger partial charge < -0.3 is 109 Å². The summed E-state index contributed by atoms with van der Waals surface area (Å²) in [6.45, 7) is 11.5. The van der Waals surface area contributed by atoms with Crippen LogP contribution in [0.4, 0.5) is 0 Å². The number of para-hydroxylation sites is 1. The number of imidazole rings is 1. The third-order valence-corrected chi connectivity index (χ3v) is 20.4. The zero-order valence-corrected chi connectivity index (χ0v) is 71.4. The molecule has 650 valence electrons. The molecule has 2 aromatic carbocycles. The summed E-state index contributed by atoms with van der Waals surface area (Å²) >= 11 is 0. The molecule has 12 amide bonds. The molecule has 2 fully saturated rings. The quantitative estimate of drug-likeness (QED) is 0.0183. The van der Waals surface area contributed by atoms with E-state index >= 15 is 0 Å². The van der Waals surface area contributed by atoms with Crippen LogP contribution in [0.3, 0.4) is 0 Å². The van der Waals surface area contributed by atoms with Crippen LogP contribution in [0, 0.1) is 17.8 Å². The predicted octanol–water partition coefficient (Wildman–Crippen LogP) is -7.80. The molecular formula is C79H117GaN20O19. The van der Waals surface area contributed by atoms with Gasteiger partial charge in [-0.1, -0.05) is 90.1 Å². The fourth-order valence-electron chi connectivity index (χ4n) is 14.3. The zero-order valence-electron chi connectivity index (χ0n) is 69.0. The maximum absolute atomic E-state index is 14.8. The summed E-state index contributed by atoms with van der Waals surface area (Å²) in [5.41, 5.74) is 13.4. The number of nitrogens with two attached hydrogens (primary N) is 2. The number of primary amides is 2. The van der Waals surface area contributed by atoms with E-state index < -0.39 is 182 Å². The number of amides is 12. The molecule has 0 radical (unpaired) electrons. The molecule has 2 saturated heterocycles. The number of nitrogens with zero attached hydrogens (tertiary/aromatic N) is 7. The number of aliphatic hydroxyl groups excluding tert-OH is 1. The maximum Gasteiger partial charge on any atom is 3.00 e. The number of likely N-dealkylation sites (N-methyl/N-ethyl adjacent to an activating group) is 1. The van der Waals surface area contributed by atoms with E-state index in [0.29, 0.717) is 53.7 Å². The number of likely N-dealkylation sites (tertiary alicyclic amines) is 1. The molecule has 39 nitrogen and oxygen atoms in total. The Hall–Kier alpha value is -10.4. The van der Waals surface area contributed by atoms with Gasteiger partial charge in [0.05, 0.1) is 62.4 Å². The Labute approximate surface area is 704 Å². The van der Waals surface area contributed by atoms with E-state index in [4.69, 9.17) is 11.5 Å². The van der Waals surface area contributed by atoms with Crippen LogP contribution in [0.5, 0.6) is 0 Å². The van der Waals surface area contributed by atoms with E-state index in [9.17, 15) is 92.3 Å². The van der Waals surface area contributed by atoms with E-state index in [1.807, 2.05) is 32.6 Å². The van der Waals surface area contributed by atoms with Crippen molar-refractivity contribution in [1.82, 2.24) is 92.2 Å². The summed E-state index contributed by atoms with van der Waals surface area (Å²) < 4.78 is 0. The van der Waals surface area contributed by atoms with Crippen molar-refractivity contribution in [2.24, 2.45) is 29.2 Å². The molecule has 4 heterocycles. The molecule has 119 heavy (non-hydrogen) atoms. The smallest absolute Gasteiger partial charge is 0.549 e. The first kappa shape index (κ1) is 99.2. The number of hydrogen-bond donors (Lipinski definition) is 14. The van der Waals surface area contributed by atoms with Gasteiger partial charge in [-0.3, -0.25) is 82.0 Å². The molecule has 2 aliphatic rings. The number of piperidine rings is 1. The SMILES string of the molecule is CC(C)C[C@H](NC(=O)C[C@H](O)[C@H](CC(C)C)NC(=O)[C@H](Cc1cnc[nH]1)NC(=O)CNC(=O)[C@H](C(C)C)N(C)C(=O)[C@H](C)NC(=O)[C@H](Cc1c[nH]c2ccccc12)NC(=O)[C@H](CCC(N)=O)NC(=O)[C@@H](Cc1ccccc1)NC(=O)CN1CCC(NC(=O)CN2CCN(CC(=O)[O-])CCN(CC(=O)[O-])CCN(CC(=O)[O-])CC2)CC1)C(N)=O.[68Ga+3]. The number of fused-ring (bicyclic) bond motifs is 1. The summed E-state index contributed by atoms with van der Waals surface area (Å²) in [6.07, 6.45) is 2.54. The van der Waals surface area contributed by atoms with Gasteiger partial charge in [-0.2, -0.15) is 0 Å². The van der Waals surface area contributed by atoms with Crippen LogP contribution in [-0.4, -0.2) is 330 Å². The minimum absolute atomic E-state index is 0. The van der Waals surface area contributed by atoms with Crippen molar-refractivity contribution in [3.63, 3.8) is 0 Å². The third-order valence-electron chi connectivity index (χ3n) is 20.4. The molecule has 4 aromatic rings. The van der Waals surface area contributed by atoms with E-state index in [1.165, 1.54) is 31.4 Å². The van der Waals surface area contributed by atoms with E-state index in [1.54, 1.807) is 89.3 Å². The molecule has 0 saturated carbocycles. The van der Waals surface area contributed by atoms with Gasteiger partial charge in [-0.05, 0) is 74.0 Å². The number of aliphatic hydroxyl groups is 1. The summed E-state index contributed by atoms with van der Waals surface area (Å²) in [6, 6.07) is 5.06. The average molecular weight is 1720 g/mol. The van der Waals surface area contributed by atoms with Gasteiger partial charge in [0.2, 0.25) is 70.9 Å². The van der Waals surface area contributed by atoms with Gasteiger partial charge in [-0.25, -0.2) is 4.98 Å². The number of rotatable bonds is 45. The van der Waals surface area contributed by atoms with E-state index in [2.05, 4.69) is 62.8 Å². The van der Waals surface area contributed by atoms with Crippen molar-refractivity contribution in [3.8, 4) is 0 Å². The standard InChI is InChI=1S/C79H120N20O19.Ga/c1-47(2)32-58(63(100)37-65(102)88-59(73(81)112)33-48(3)4)92-77(116)62(36-54-39-82-46-85-54)89-66(103)40-84-78(117)72(49(5)6)94(8)79(118)50(7)86-75(114)61(35-52-38-83-56-17-13-12-16-55(52)56)93-74(113)57(18-19-64(80)101)91-76(115)60(34-51-14-10-9-11-15-51)90-68(105)42-95-22-20-53(21-23-95)87-67(104)41-96-24-26-97(43-69(106)107)28-30-99(45-71(110)111)31-29-98(27-25-96)44-70(108)109;/h9-17,38-39,46-50,53,57-63,72,83,100H,18-37,40-45H2,1-8H3,(H2,80,101)(H2,81,112)(H,82,85)(H,84,117)(H,86,114)(H,87,104)(H,88,102)(H,89,103)(H,90,105)(H,91,115)(H,92,116)(H,93,113)(H,106,107)(H,108,109)(H,110,111);/q;+3/p-3/t50-,57-,58-,59-,60+,61-,62-,63-,72-;/m0./s1/i;1-2. The Balaban J connectivity index is 0.0000252. The molecule has 0 bridgehead atoms. The molecule has 6 rings (SSSR count).